The summed E-state index contributed by atoms with van der Waals surface area (Å²) in [6.07, 6.45) is 3.04. The average molecular weight is 566 g/mol. The first-order valence-corrected chi connectivity index (χ1v) is 14.8. The van der Waals surface area contributed by atoms with Crippen LogP contribution in [0, 0.1) is 5.92 Å². The number of rotatable bonds is 6. The van der Waals surface area contributed by atoms with E-state index < -0.39 is 17.5 Å². The van der Waals surface area contributed by atoms with E-state index in [1.807, 2.05) is 60.7 Å². The highest BCUT2D eigenvalue weighted by Crippen LogP contribution is 2.43. The molecule has 2 heterocycles. The summed E-state index contributed by atoms with van der Waals surface area (Å²) in [6.45, 7) is 4.24. The van der Waals surface area contributed by atoms with E-state index in [2.05, 4.69) is 12.2 Å². The van der Waals surface area contributed by atoms with Gasteiger partial charge in [0, 0.05) is 28.0 Å². The van der Waals surface area contributed by atoms with Crippen LogP contribution in [0.3, 0.4) is 0 Å². The predicted molar refractivity (Wildman–Crippen MR) is 159 cm³/mol. The smallest absolute Gasteiger partial charge is 0.341 e. The minimum atomic E-state index is -1.03. The van der Waals surface area contributed by atoms with E-state index in [9.17, 15) is 14.4 Å². The van der Waals surface area contributed by atoms with Gasteiger partial charge in [0.2, 0.25) is 0 Å². The van der Waals surface area contributed by atoms with Crippen LogP contribution in [0.15, 0.2) is 78.9 Å². The number of cyclic esters (lactones) is 1. The lowest BCUT2D eigenvalue weighted by Gasteiger charge is -2.38. The zero-order chi connectivity index (χ0) is 28.6. The van der Waals surface area contributed by atoms with Crippen LogP contribution in [0.2, 0.25) is 0 Å². The standard InChI is InChI=1S/C34H31NO5S/c1-3-39-33(38)29-27-16-14-21(2)18-28(27)41-31(29)35-30(36)22-15-17-26-23(19-22)20-34(40-32(26)37,24-10-6-4-7-11-24)25-12-8-5-9-13-25/h4-13,15,17,19,21H,3,14,16,18,20H2,1-2H3,(H,35,36)/t21-/m1/s1. The first-order valence-electron chi connectivity index (χ1n) is 14.0. The number of anilines is 1. The summed E-state index contributed by atoms with van der Waals surface area (Å²) in [4.78, 5) is 41.1. The van der Waals surface area contributed by atoms with Crippen molar-refractivity contribution in [3.05, 3.63) is 123 Å². The molecule has 0 radical (unpaired) electrons. The van der Waals surface area contributed by atoms with Gasteiger partial charge >= 0.3 is 11.9 Å². The van der Waals surface area contributed by atoms with Crippen LogP contribution in [0.25, 0.3) is 0 Å². The molecule has 3 aromatic carbocycles. The average Bonchev–Trinajstić information content (AvgIpc) is 3.34. The number of amides is 1. The van der Waals surface area contributed by atoms with Gasteiger partial charge in [-0.3, -0.25) is 4.79 Å². The second-order valence-corrected chi connectivity index (χ2v) is 11.8. The lowest BCUT2D eigenvalue weighted by molar-refractivity contribution is -0.00754. The monoisotopic (exact) mass is 565 g/mol. The molecule has 1 amide bonds. The maximum Gasteiger partial charge on any atom is 0.341 e. The fourth-order valence-corrected chi connectivity index (χ4v) is 7.33. The molecule has 1 aliphatic carbocycles. The van der Waals surface area contributed by atoms with Gasteiger partial charge in [-0.1, -0.05) is 67.6 Å². The topological polar surface area (TPSA) is 81.7 Å². The molecule has 6 nitrogen and oxygen atoms in total. The summed E-state index contributed by atoms with van der Waals surface area (Å²) in [6, 6.07) is 24.4. The Morgan fingerprint density at radius 2 is 1.71 bits per heavy atom. The Bertz CT molecular complexity index is 1590. The van der Waals surface area contributed by atoms with E-state index in [1.165, 1.54) is 11.3 Å². The molecule has 0 spiro atoms. The molecular weight excluding hydrogens is 534 g/mol. The van der Waals surface area contributed by atoms with Gasteiger partial charge in [0.25, 0.3) is 5.91 Å². The molecule has 0 unspecified atom stereocenters. The van der Waals surface area contributed by atoms with E-state index in [-0.39, 0.29) is 12.5 Å². The van der Waals surface area contributed by atoms with Gasteiger partial charge in [0.1, 0.15) is 5.00 Å². The van der Waals surface area contributed by atoms with Crippen LogP contribution >= 0.6 is 11.3 Å². The molecule has 1 atom stereocenters. The number of thiophene rings is 1. The normalized spacial score (nSPS) is 17.1. The number of nitrogens with one attached hydrogen (secondary N) is 1. The quantitative estimate of drug-likeness (QED) is 0.256. The van der Waals surface area contributed by atoms with Gasteiger partial charge in [-0.25, -0.2) is 9.59 Å². The second kappa shape index (κ2) is 11.0. The first kappa shape index (κ1) is 27.0. The third-order valence-electron chi connectivity index (χ3n) is 7.99. The zero-order valence-corrected chi connectivity index (χ0v) is 23.9. The van der Waals surface area contributed by atoms with Crippen molar-refractivity contribution in [2.24, 2.45) is 5.92 Å². The fraction of sp³-hybridized carbons (Fsp3) is 0.265. The Morgan fingerprint density at radius 3 is 2.37 bits per heavy atom. The van der Waals surface area contributed by atoms with Crippen LogP contribution in [-0.2, 0) is 34.3 Å². The summed E-state index contributed by atoms with van der Waals surface area (Å²) in [5.41, 5.74) is 3.73. The van der Waals surface area contributed by atoms with Gasteiger partial charge in [0.15, 0.2) is 5.60 Å². The van der Waals surface area contributed by atoms with Gasteiger partial charge < -0.3 is 14.8 Å². The van der Waals surface area contributed by atoms with E-state index in [0.29, 0.717) is 34.0 Å². The number of carbonyl (C=O) groups is 3. The second-order valence-electron chi connectivity index (χ2n) is 10.7. The van der Waals surface area contributed by atoms with Gasteiger partial charge in [-0.15, -0.1) is 11.3 Å². The Labute approximate surface area is 243 Å². The van der Waals surface area contributed by atoms with Crippen molar-refractivity contribution >= 4 is 34.2 Å². The van der Waals surface area contributed by atoms with Crippen LogP contribution in [-0.4, -0.2) is 24.5 Å². The summed E-state index contributed by atoms with van der Waals surface area (Å²) >= 11 is 1.46. The molecule has 2 aliphatic rings. The van der Waals surface area contributed by atoms with E-state index in [1.54, 1.807) is 25.1 Å². The lowest BCUT2D eigenvalue weighted by atomic mass is 9.78. The molecule has 0 saturated carbocycles. The molecule has 0 saturated heterocycles. The molecule has 6 rings (SSSR count). The number of hydrogen-bond donors (Lipinski definition) is 1. The minimum absolute atomic E-state index is 0.263. The number of esters is 2. The minimum Gasteiger partial charge on any atom is -0.462 e. The maximum atomic E-state index is 13.6. The molecule has 208 valence electrons. The van der Waals surface area contributed by atoms with Gasteiger partial charge in [-0.2, -0.15) is 0 Å². The van der Waals surface area contributed by atoms with Crippen molar-refractivity contribution in [1.29, 1.82) is 0 Å². The van der Waals surface area contributed by atoms with Crippen LogP contribution in [0.1, 0.15) is 78.5 Å². The highest BCUT2D eigenvalue weighted by molar-refractivity contribution is 7.17. The third-order valence-corrected chi connectivity index (χ3v) is 9.16. The summed E-state index contributed by atoms with van der Waals surface area (Å²) < 4.78 is 11.6. The van der Waals surface area contributed by atoms with E-state index in [4.69, 9.17) is 9.47 Å². The van der Waals surface area contributed by atoms with Crippen molar-refractivity contribution in [3.63, 3.8) is 0 Å². The molecule has 0 bridgehead atoms. The van der Waals surface area contributed by atoms with Crippen molar-refractivity contribution in [3.8, 4) is 0 Å². The Balaban J connectivity index is 1.36. The van der Waals surface area contributed by atoms with Crippen LogP contribution in [0.5, 0.6) is 0 Å². The van der Waals surface area contributed by atoms with Gasteiger partial charge in [-0.05, 0) is 61.4 Å². The van der Waals surface area contributed by atoms with E-state index in [0.717, 1.165) is 46.4 Å². The summed E-state index contributed by atoms with van der Waals surface area (Å²) in [7, 11) is 0. The SMILES string of the molecule is CCOC(=O)c1c(NC(=O)c2ccc3c(c2)CC(c2ccccc2)(c2ccccc2)OC3=O)sc2c1CC[C@@H](C)C2. The molecule has 41 heavy (non-hydrogen) atoms. The van der Waals surface area contributed by atoms with E-state index >= 15 is 0 Å². The summed E-state index contributed by atoms with van der Waals surface area (Å²) in [5.74, 6) is -0.655. The molecule has 7 heteroatoms. The number of fused-ring (bicyclic) bond motifs is 2. The zero-order valence-electron chi connectivity index (χ0n) is 23.1. The third kappa shape index (κ3) is 4.95. The predicted octanol–water partition coefficient (Wildman–Crippen LogP) is 6.96. The Hall–Kier alpha value is -4.23. The van der Waals surface area contributed by atoms with Crippen LogP contribution in [0.4, 0.5) is 5.00 Å². The van der Waals surface area contributed by atoms with Crippen molar-refractivity contribution < 1.29 is 23.9 Å². The largest absolute Gasteiger partial charge is 0.462 e. The highest BCUT2D eigenvalue weighted by Gasteiger charge is 2.43. The number of hydrogen-bond acceptors (Lipinski definition) is 6. The van der Waals surface area contributed by atoms with Crippen LogP contribution < -0.4 is 5.32 Å². The number of ether oxygens (including phenoxy) is 2. The first-order chi connectivity index (χ1) is 19.9. The highest BCUT2D eigenvalue weighted by atomic mass is 32.1. The molecule has 1 N–H and O–H groups in total. The Morgan fingerprint density at radius 1 is 1.02 bits per heavy atom. The number of benzene rings is 3. The molecule has 1 aromatic heterocycles. The van der Waals surface area contributed by atoms with Crippen molar-refractivity contribution in [1.82, 2.24) is 0 Å². The van der Waals surface area contributed by atoms with Crippen molar-refractivity contribution in [2.75, 3.05) is 11.9 Å². The summed E-state index contributed by atoms with van der Waals surface area (Å²) in [5, 5.41) is 3.52. The number of carbonyl (C=O) groups excluding carboxylic acids is 3. The lowest BCUT2D eigenvalue weighted by Crippen LogP contribution is -2.40. The molecule has 0 fully saturated rings. The molecule has 4 aromatic rings. The fourth-order valence-electron chi connectivity index (χ4n) is 5.93. The molecular formula is C34H31NO5S. The van der Waals surface area contributed by atoms with Crippen molar-refractivity contribution in [2.45, 2.75) is 45.1 Å². The maximum absolute atomic E-state index is 13.6. The van der Waals surface area contributed by atoms with Gasteiger partial charge in [0.05, 0.1) is 17.7 Å². The molecule has 1 aliphatic heterocycles. The Kier molecular flexibility index (Phi) is 7.22.